The second-order valence-electron chi connectivity index (χ2n) is 5.51. The smallest absolute Gasteiger partial charge is 0.279 e. The fourth-order valence-electron chi connectivity index (χ4n) is 2.79. The minimum absolute atomic E-state index is 0.0976. The molecule has 2 rings (SSSR count). The van der Waals surface area contributed by atoms with Gasteiger partial charge in [-0.2, -0.15) is 17.4 Å². The molecule has 2 saturated heterocycles. The Bertz CT molecular complexity index is 409. The van der Waals surface area contributed by atoms with E-state index in [1.54, 1.807) is 7.11 Å². The second kappa shape index (κ2) is 6.67. The van der Waals surface area contributed by atoms with Crippen molar-refractivity contribution in [3.05, 3.63) is 0 Å². The van der Waals surface area contributed by atoms with Crippen molar-refractivity contribution in [2.45, 2.75) is 37.3 Å². The van der Waals surface area contributed by atoms with Crippen molar-refractivity contribution in [1.29, 1.82) is 0 Å². The molecule has 7 nitrogen and oxygen atoms in total. The van der Waals surface area contributed by atoms with Gasteiger partial charge < -0.3 is 15.2 Å². The van der Waals surface area contributed by atoms with Crippen molar-refractivity contribution in [2.24, 2.45) is 5.73 Å². The maximum Gasteiger partial charge on any atom is 0.279 e. The highest BCUT2D eigenvalue weighted by Gasteiger charge is 2.38. The third-order valence-corrected chi connectivity index (χ3v) is 5.84. The van der Waals surface area contributed by atoms with E-state index in [9.17, 15) is 8.42 Å². The van der Waals surface area contributed by atoms with E-state index in [1.807, 2.05) is 0 Å². The fourth-order valence-corrected chi connectivity index (χ4v) is 4.36. The lowest BCUT2D eigenvalue weighted by Crippen LogP contribution is -2.54. The number of nitrogens with zero attached hydrogens (tertiary/aromatic N) is 1. The molecule has 2 atom stereocenters. The standard InChI is InChI=1S/C12H25N3O4S/c1-18-12(5-7-19-10-12)9-14-20(16,17)15-6-3-2-4-11(15)8-13/h11,14H,2-10,13H2,1H3. The monoisotopic (exact) mass is 307 g/mol. The molecule has 2 heterocycles. The van der Waals surface area contributed by atoms with Gasteiger partial charge in [0.1, 0.15) is 5.60 Å². The van der Waals surface area contributed by atoms with Gasteiger partial charge in [0, 0.05) is 45.8 Å². The first-order valence-corrected chi connectivity index (χ1v) is 8.56. The molecule has 0 spiro atoms. The van der Waals surface area contributed by atoms with Gasteiger partial charge >= 0.3 is 0 Å². The molecule has 20 heavy (non-hydrogen) atoms. The second-order valence-corrected chi connectivity index (χ2v) is 7.22. The molecule has 0 aromatic heterocycles. The summed E-state index contributed by atoms with van der Waals surface area (Å²) in [6.45, 7) is 2.16. The number of hydrogen-bond donors (Lipinski definition) is 2. The van der Waals surface area contributed by atoms with Crippen molar-refractivity contribution in [2.75, 3.05) is 40.0 Å². The van der Waals surface area contributed by atoms with Crippen LogP contribution in [0.1, 0.15) is 25.7 Å². The maximum absolute atomic E-state index is 12.4. The lowest BCUT2D eigenvalue weighted by Gasteiger charge is -2.35. The van der Waals surface area contributed by atoms with E-state index in [2.05, 4.69) is 4.72 Å². The molecule has 0 amide bonds. The topological polar surface area (TPSA) is 93.9 Å². The summed E-state index contributed by atoms with van der Waals surface area (Å²) in [6.07, 6.45) is 3.45. The van der Waals surface area contributed by atoms with Gasteiger partial charge in [-0.05, 0) is 12.8 Å². The van der Waals surface area contributed by atoms with Crippen LogP contribution in [0.5, 0.6) is 0 Å². The minimum Gasteiger partial charge on any atom is -0.378 e. The van der Waals surface area contributed by atoms with Crippen LogP contribution in [0.4, 0.5) is 0 Å². The third-order valence-electron chi connectivity index (χ3n) is 4.23. The summed E-state index contributed by atoms with van der Waals surface area (Å²) in [4.78, 5) is 0. The molecule has 3 N–H and O–H groups in total. The summed E-state index contributed by atoms with van der Waals surface area (Å²) < 4.78 is 39.8. The zero-order valence-corrected chi connectivity index (χ0v) is 12.8. The maximum atomic E-state index is 12.4. The summed E-state index contributed by atoms with van der Waals surface area (Å²) in [5.74, 6) is 0. The Balaban J connectivity index is 1.99. The first-order chi connectivity index (χ1) is 9.53. The van der Waals surface area contributed by atoms with Gasteiger partial charge in [-0.15, -0.1) is 0 Å². The van der Waals surface area contributed by atoms with Crippen LogP contribution in [-0.4, -0.2) is 64.3 Å². The minimum atomic E-state index is -3.51. The van der Waals surface area contributed by atoms with Gasteiger partial charge in [-0.25, -0.2) is 0 Å². The van der Waals surface area contributed by atoms with Crippen LogP contribution in [0.2, 0.25) is 0 Å². The lowest BCUT2D eigenvalue weighted by molar-refractivity contribution is -0.0124. The van der Waals surface area contributed by atoms with Crippen LogP contribution in [0.3, 0.4) is 0 Å². The summed E-state index contributed by atoms with van der Waals surface area (Å²) >= 11 is 0. The highest BCUT2D eigenvalue weighted by atomic mass is 32.2. The van der Waals surface area contributed by atoms with Crippen LogP contribution in [0, 0.1) is 0 Å². The molecule has 8 heteroatoms. The van der Waals surface area contributed by atoms with E-state index in [1.165, 1.54) is 4.31 Å². The number of nitrogens with one attached hydrogen (secondary N) is 1. The summed E-state index contributed by atoms with van der Waals surface area (Å²) in [6, 6.07) is -0.0976. The number of ether oxygens (including phenoxy) is 2. The predicted molar refractivity (Wildman–Crippen MR) is 75.5 cm³/mol. The number of rotatable bonds is 6. The summed E-state index contributed by atoms with van der Waals surface area (Å²) in [5.41, 5.74) is 5.14. The predicted octanol–water partition coefficient (Wildman–Crippen LogP) is -0.560. The first-order valence-electron chi connectivity index (χ1n) is 7.12. The van der Waals surface area contributed by atoms with E-state index >= 15 is 0 Å². The Morgan fingerprint density at radius 1 is 1.50 bits per heavy atom. The van der Waals surface area contributed by atoms with Crippen molar-refractivity contribution >= 4 is 10.2 Å². The molecule has 2 aliphatic heterocycles. The summed E-state index contributed by atoms with van der Waals surface area (Å²) in [7, 11) is -1.92. The Morgan fingerprint density at radius 2 is 2.30 bits per heavy atom. The molecule has 0 radical (unpaired) electrons. The Hall–Kier alpha value is -0.250. The number of hydrogen-bond acceptors (Lipinski definition) is 5. The van der Waals surface area contributed by atoms with Crippen LogP contribution < -0.4 is 10.5 Å². The van der Waals surface area contributed by atoms with E-state index in [-0.39, 0.29) is 12.6 Å². The van der Waals surface area contributed by atoms with E-state index in [0.717, 1.165) is 19.3 Å². The van der Waals surface area contributed by atoms with E-state index in [4.69, 9.17) is 15.2 Å². The highest BCUT2D eigenvalue weighted by Crippen LogP contribution is 2.23. The van der Waals surface area contributed by atoms with Crippen molar-refractivity contribution in [3.8, 4) is 0 Å². The molecule has 2 unspecified atom stereocenters. The van der Waals surface area contributed by atoms with Crippen molar-refractivity contribution < 1.29 is 17.9 Å². The zero-order valence-electron chi connectivity index (χ0n) is 12.0. The van der Waals surface area contributed by atoms with Gasteiger partial charge in [0.2, 0.25) is 0 Å². The molecular formula is C12H25N3O4S. The molecule has 2 fully saturated rings. The molecule has 0 bridgehead atoms. The van der Waals surface area contributed by atoms with Crippen LogP contribution in [0.25, 0.3) is 0 Å². The largest absolute Gasteiger partial charge is 0.378 e. The Labute approximate surface area is 121 Å². The number of piperidine rings is 1. The molecule has 2 aliphatic rings. The fraction of sp³-hybridized carbons (Fsp3) is 1.00. The molecule has 0 saturated carbocycles. The summed E-state index contributed by atoms with van der Waals surface area (Å²) in [5, 5.41) is 0. The van der Waals surface area contributed by atoms with Gasteiger partial charge in [-0.3, -0.25) is 0 Å². The SMILES string of the molecule is COC1(CNS(=O)(=O)N2CCCCC2CN)CCOC1. The van der Waals surface area contributed by atoms with E-state index in [0.29, 0.717) is 32.7 Å². The first kappa shape index (κ1) is 16.1. The lowest BCUT2D eigenvalue weighted by atomic mass is 10.0. The normalized spacial score (nSPS) is 32.6. The molecule has 0 aromatic rings. The Morgan fingerprint density at radius 3 is 2.90 bits per heavy atom. The average molecular weight is 307 g/mol. The van der Waals surface area contributed by atoms with Gasteiger partial charge in [-0.1, -0.05) is 6.42 Å². The molecule has 118 valence electrons. The quantitative estimate of drug-likeness (QED) is 0.686. The number of methoxy groups -OCH3 is 1. The van der Waals surface area contributed by atoms with Gasteiger partial charge in [0.05, 0.1) is 6.61 Å². The zero-order chi connectivity index (χ0) is 14.6. The van der Waals surface area contributed by atoms with Crippen LogP contribution in [-0.2, 0) is 19.7 Å². The molecule has 0 aliphatic carbocycles. The van der Waals surface area contributed by atoms with E-state index < -0.39 is 15.8 Å². The third kappa shape index (κ3) is 3.49. The van der Waals surface area contributed by atoms with Crippen LogP contribution >= 0.6 is 0 Å². The van der Waals surface area contributed by atoms with Crippen molar-refractivity contribution in [3.63, 3.8) is 0 Å². The number of nitrogens with two attached hydrogens (primary N) is 1. The van der Waals surface area contributed by atoms with Gasteiger partial charge in [0.25, 0.3) is 10.2 Å². The Kier molecular flexibility index (Phi) is 5.38. The van der Waals surface area contributed by atoms with Gasteiger partial charge in [0.15, 0.2) is 0 Å². The highest BCUT2D eigenvalue weighted by molar-refractivity contribution is 7.87. The molecule has 0 aromatic carbocycles. The average Bonchev–Trinajstić information content (AvgIpc) is 2.95. The molecular weight excluding hydrogens is 282 g/mol. The van der Waals surface area contributed by atoms with Crippen LogP contribution in [0.15, 0.2) is 0 Å². The van der Waals surface area contributed by atoms with Crippen molar-refractivity contribution in [1.82, 2.24) is 9.03 Å².